The third-order valence-corrected chi connectivity index (χ3v) is 3.11. The van der Waals surface area contributed by atoms with Crippen LogP contribution in [-0.4, -0.2) is 16.2 Å². The summed E-state index contributed by atoms with van der Waals surface area (Å²) in [7, 11) is 0. The zero-order chi connectivity index (χ0) is 14.4. The summed E-state index contributed by atoms with van der Waals surface area (Å²) < 4.78 is 0. The van der Waals surface area contributed by atoms with E-state index < -0.39 is 5.97 Å². The highest BCUT2D eigenvalue weighted by molar-refractivity contribution is 5.68. The first-order valence-electron chi connectivity index (χ1n) is 6.55. The van der Waals surface area contributed by atoms with Crippen molar-refractivity contribution in [1.29, 1.82) is 0 Å². The van der Waals surface area contributed by atoms with Gasteiger partial charge in [-0.05, 0) is 56.7 Å². The Labute approximate surface area is 114 Å². The molecule has 19 heavy (non-hydrogen) atoms. The van der Waals surface area contributed by atoms with Crippen LogP contribution in [0.1, 0.15) is 50.2 Å². The maximum atomic E-state index is 11.0. The number of aliphatic carboxylic acids is 1. The number of benzene rings is 1. The van der Waals surface area contributed by atoms with Gasteiger partial charge < -0.3 is 10.2 Å². The number of aromatic hydroxyl groups is 1. The monoisotopic (exact) mass is 262 g/mol. The van der Waals surface area contributed by atoms with Crippen molar-refractivity contribution in [2.24, 2.45) is 0 Å². The standard InChI is InChI=1S/C16H22O3/c1-11(2)5-4-6-13(10-16(18)19)14-8-7-12(3)9-15(14)17/h5,7-9,13,17H,4,6,10H2,1-3H3,(H,18,19). The predicted octanol–water partition coefficient (Wildman–Crippen LogP) is 4.01. The van der Waals surface area contributed by atoms with Gasteiger partial charge in [0.05, 0.1) is 6.42 Å². The molecule has 104 valence electrons. The van der Waals surface area contributed by atoms with E-state index in [2.05, 4.69) is 6.08 Å². The van der Waals surface area contributed by atoms with Crippen molar-refractivity contribution >= 4 is 5.97 Å². The van der Waals surface area contributed by atoms with E-state index in [-0.39, 0.29) is 18.1 Å². The molecule has 0 spiro atoms. The highest BCUT2D eigenvalue weighted by atomic mass is 16.4. The molecule has 3 heteroatoms. The molecule has 1 aromatic carbocycles. The number of phenols is 1. The minimum atomic E-state index is -0.831. The summed E-state index contributed by atoms with van der Waals surface area (Å²) in [5.41, 5.74) is 2.93. The van der Waals surface area contributed by atoms with Crippen molar-refractivity contribution in [3.63, 3.8) is 0 Å². The van der Waals surface area contributed by atoms with Crippen molar-refractivity contribution in [2.45, 2.75) is 46.0 Å². The number of carbonyl (C=O) groups is 1. The minimum Gasteiger partial charge on any atom is -0.508 e. The average Bonchev–Trinajstić information content (AvgIpc) is 2.26. The Hall–Kier alpha value is -1.77. The Kier molecular flexibility index (Phi) is 5.61. The zero-order valence-corrected chi connectivity index (χ0v) is 11.8. The van der Waals surface area contributed by atoms with Gasteiger partial charge in [0.2, 0.25) is 0 Å². The summed E-state index contributed by atoms with van der Waals surface area (Å²) in [4.78, 5) is 11.0. The smallest absolute Gasteiger partial charge is 0.303 e. The molecule has 0 heterocycles. The topological polar surface area (TPSA) is 57.5 Å². The van der Waals surface area contributed by atoms with Gasteiger partial charge in [-0.3, -0.25) is 4.79 Å². The lowest BCUT2D eigenvalue weighted by Crippen LogP contribution is -2.06. The average molecular weight is 262 g/mol. The third-order valence-electron chi connectivity index (χ3n) is 3.11. The maximum absolute atomic E-state index is 11.0. The van der Waals surface area contributed by atoms with Gasteiger partial charge in [0.1, 0.15) is 5.75 Å². The van der Waals surface area contributed by atoms with Crippen LogP contribution in [0.25, 0.3) is 0 Å². The van der Waals surface area contributed by atoms with Crippen molar-refractivity contribution in [2.75, 3.05) is 0 Å². The Bertz CT molecular complexity index is 471. The van der Waals surface area contributed by atoms with Gasteiger partial charge in [-0.2, -0.15) is 0 Å². The normalized spacial score (nSPS) is 11.9. The molecule has 0 radical (unpaired) electrons. The van der Waals surface area contributed by atoms with Gasteiger partial charge in [0.25, 0.3) is 0 Å². The SMILES string of the molecule is CC(C)=CCCC(CC(=O)O)c1ccc(C)cc1O. The molecular formula is C16H22O3. The largest absolute Gasteiger partial charge is 0.508 e. The fraction of sp³-hybridized carbons (Fsp3) is 0.438. The van der Waals surface area contributed by atoms with E-state index in [4.69, 9.17) is 5.11 Å². The molecule has 0 aliphatic rings. The van der Waals surface area contributed by atoms with E-state index in [1.54, 1.807) is 6.07 Å². The van der Waals surface area contributed by atoms with E-state index >= 15 is 0 Å². The van der Waals surface area contributed by atoms with E-state index in [0.29, 0.717) is 0 Å². The molecular weight excluding hydrogens is 240 g/mol. The van der Waals surface area contributed by atoms with Crippen LogP contribution >= 0.6 is 0 Å². The van der Waals surface area contributed by atoms with Gasteiger partial charge in [-0.15, -0.1) is 0 Å². The predicted molar refractivity (Wildman–Crippen MR) is 76.5 cm³/mol. The van der Waals surface area contributed by atoms with Gasteiger partial charge in [-0.1, -0.05) is 23.8 Å². The number of rotatable bonds is 6. The lowest BCUT2D eigenvalue weighted by Gasteiger charge is -2.16. The maximum Gasteiger partial charge on any atom is 0.303 e. The first-order chi connectivity index (χ1) is 8.90. The van der Waals surface area contributed by atoms with Crippen molar-refractivity contribution in [1.82, 2.24) is 0 Å². The molecule has 0 bridgehead atoms. The van der Waals surface area contributed by atoms with Crippen LogP contribution in [0.2, 0.25) is 0 Å². The van der Waals surface area contributed by atoms with E-state index in [9.17, 15) is 9.90 Å². The van der Waals surface area contributed by atoms with Gasteiger partial charge >= 0.3 is 5.97 Å². The fourth-order valence-corrected chi connectivity index (χ4v) is 2.15. The quantitative estimate of drug-likeness (QED) is 0.762. The number of hydrogen-bond donors (Lipinski definition) is 2. The number of phenolic OH excluding ortho intramolecular Hbond substituents is 1. The van der Waals surface area contributed by atoms with E-state index in [1.165, 1.54) is 5.57 Å². The molecule has 0 saturated heterocycles. The third kappa shape index (κ3) is 5.16. The summed E-state index contributed by atoms with van der Waals surface area (Å²) in [6.45, 7) is 5.95. The molecule has 1 aromatic rings. The van der Waals surface area contributed by atoms with Crippen LogP contribution in [-0.2, 0) is 4.79 Å². The van der Waals surface area contributed by atoms with Crippen molar-refractivity contribution in [3.8, 4) is 5.75 Å². The van der Waals surface area contributed by atoms with Crippen molar-refractivity contribution in [3.05, 3.63) is 41.0 Å². The number of allylic oxidation sites excluding steroid dienone is 2. The van der Waals surface area contributed by atoms with E-state index in [1.807, 2.05) is 32.9 Å². The Morgan fingerprint density at radius 2 is 2.05 bits per heavy atom. The van der Waals surface area contributed by atoms with Crippen LogP contribution in [0.4, 0.5) is 0 Å². The van der Waals surface area contributed by atoms with Gasteiger partial charge in [0.15, 0.2) is 0 Å². The molecule has 1 atom stereocenters. The molecule has 0 aliphatic carbocycles. The van der Waals surface area contributed by atoms with Gasteiger partial charge in [-0.25, -0.2) is 0 Å². The number of carboxylic acids is 1. The van der Waals surface area contributed by atoms with E-state index in [0.717, 1.165) is 24.0 Å². The molecule has 1 rings (SSSR count). The molecule has 2 N–H and O–H groups in total. The molecule has 0 fully saturated rings. The van der Waals surface area contributed by atoms with Crippen LogP contribution < -0.4 is 0 Å². The second-order valence-corrected chi connectivity index (χ2v) is 5.22. The lowest BCUT2D eigenvalue weighted by molar-refractivity contribution is -0.137. The second-order valence-electron chi connectivity index (χ2n) is 5.22. The zero-order valence-electron chi connectivity index (χ0n) is 11.8. The first kappa shape index (κ1) is 15.3. The number of carboxylic acid groups (broad SMARTS) is 1. The lowest BCUT2D eigenvalue weighted by atomic mass is 9.89. The molecule has 0 aromatic heterocycles. The van der Waals surface area contributed by atoms with Crippen LogP contribution in [0.3, 0.4) is 0 Å². The molecule has 0 saturated carbocycles. The fourth-order valence-electron chi connectivity index (χ4n) is 2.15. The summed E-state index contributed by atoms with van der Waals surface area (Å²) in [5.74, 6) is -0.778. The second kappa shape index (κ2) is 6.98. The van der Waals surface area contributed by atoms with Gasteiger partial charge in [0, 0.05) is 0 Å². The summed E-state index contributed by atoms with van der Waals surface area (Å²) >= 11 is 0. The Morgan fingerprint density at radius 1 is 1.37 bits per heavy atom. The summed E-state index contributed by atoms with van der Waals surface area (Å²) in [6, 6.07) is 5.43. The molecule has 1 unspecified atom stereocenters. The minimum absolute atomic E-state index is 0.0488. The van der Waals surface area contributed by atoms with Crippen LogP contribution in [0.15, 0.2) is 29.8 Å². The van der Waals surface area contributed by atoms with Crippen LogP contribution in [0, 0.1) is 6.92 Å². The van der Waals surface area contributed by atoms with Crippen LogP contribution in [0.5, 0.6) is 5.75 Å². The van der Waals surface area contributed by atoms with Crippen molar-refractivity contribution < 1.29 is 15.0 Å². The molecule has 0 aliphatic heterocycles. The first-order valence-corrected chi connectivity index (χ1v) is 6.55. The molecule has 3 nitrogen and oxygen atoms in total. The summed E-state index contributed by atoms with van der Waals surface area (Å²) in [6.07, 6.45) is 3.70. The highest BCUT2D eigenvalue weighted by Crippen LogP contribution is 2.32. The Morgan fingerprint density at radius 3 is 2.58 bits per heavy atom. The Balaban J connectivity index is 2.89. The highest BCUT2D eigenvalue weighted by Gasteiger charge is 2.18. The number of aryl methyl sites for hydroxylation is 1. The molecule has 0 amide bonds. The summed E-state index contributed by atoms with van der Waals surface area (Å²) in [5, 5.41) is 19.0. The number of hydrogen-bond acceptors (Lipinski definition) is 2.